The summed E-state index contributed by atoms with van der Waals surface area (Å²) >= 11 is 0. The quantitative estimate of drug-likeness (QED) is 0.898. The summed E-state index contributed by atoms with van der Waals surface area (Å²) in [6.07, 6.45) is 0.892. The average Bonchev–Trinajstić information content (AvgIpc) is 2.72. The Bertz CT molecular complexity index is 528. The fraction of sp³-hybridized carbons (Fsp3) is 0.429. The highest BCUT2D eigenvalue weighted by molar-refractivity contribution is 5.56. The second-order valence-electron chi connectivity index (χ2n) is 4.77. The van der Waals surface area contributed by atoms with Crippen molar-refractivity contribution in [1.29, 1.82) is 0 Å². The first-order valence-corrected chi connectivity index (χ1v) is 6.34. The van der Waals surface area contributed by atoms with Crippen LogP contribution in [0.2, 0.25) is 0 Å². The molecule has 1 aromatic heterocycles. The first-order chi connectivity index (χ1) is 8.63. The normalized spacial score (nSPS) is 11.2. The summed E-state index contributed by atoms with van der Waals surface area (Å²) in [6, 6.07) is 8.72. The van der Waals surface area contributed by atoms with Crippen LogP contribution in [-0.4, -0.2) is 21.3 Å². The smallest absolute Gasteiger partial charge is 0.164 e. The molecule has 2 rings (SSSR count). The highest BCUT2D eigenvalue weighted by Crippen LogP contribution is 2.23. The predicted octanol–water partition coefficient (Wildman–Crippen LogP) is 2.34. The molecule has 0 aliphatic heterocycles. The Morgan fingerprint density at radius 3 is 2.72 bits per heavy atom. The van der Waals surface area contributed by atoms with E-state index in [1.807, 2.05) is 6.92 Å². The van der Waals surface area contributed by atoms with E-state index in [4.69, 9.17) is 5.73 Å². The molecular weight excluding hydrogens is 224 g/mol. The molecule has 18 heavy (non-hydrogen) atoms. The Morgan fingerprint density at radius 1 is 1.28 bits per heavy atom. The van der Waals surface area contributed by atoms with Crippen LogP contribution in [0.1, 0.15) is 31.3 Å². The van der Waals surface area contributed by atoms with Crippen LogP contribution in [0.15, 0.2) is 24.3 Å². The largest absolute Gasteiger partial charge is 0.330 e. The molecular formula is C14H20N4. The van der Waals surface area contributed by atoms with Crippen LogP contribution in [0.5, 0.6) is 0 Å². The lowest BCUT2D eigenvalue weighted by Gasteiger charge is -2.12. The molecule has 2 aromatic rings. The molecule has 0 bridgehead atoms. The minimum absolute atomic E-state index is 0.355. The zero-order valence-corrected chi connectivity index (χ0v) is 11.2. The van der Waals surface area contributed by atoms with Gasteiger partial charge in [-0.15, -0.1) is 10.2 Å². The van der Waals surface area contributed by atoms with Crippen molar-refractivity contribution in [3.63, 3.8) is 0 Å². The van der Waals surface area contributed by atoms with Crippen molar-refractivity contribution in [3.05, 3.63) is 35.7 Å². The number of nitrogens with two attached hydrogens (primary N) is 1. The molecule has 0 amide bonds. The number of rotatable bonds is 4. The van der Waals surface area contributed by atoms with E-state index in [2.05, 4.69) is 52.9 Å². The van der Waals surface area contributed by atoms with Gasteiger partial charge >= 0.3 is 0 Å². The van der Waals surface area contributed by atoms with Crippen molar-refractivity contribution < 1.29 is 0 Å². The van der Waals surface area contributed by atoms with Crippen molar-refractivity contribution in [1.82, 2.24) is 14.8 Å². The first-order valence-electron chi connectivity index (χ1n) is 6.34. The molecule has 0 radical (unpaired) electrons. The van der Waals surface area contributed by atoms with Gasteiger partial charge in [0.15, 0.2) is 5.82 Å². The number of aryl methyl sites for hydroxylation is 1. The van der Waals surface area contributed by atoms with Crippen LogP contribution < -0.4 is 5.73 Å². The van der Waals surface area contributed by atoms with E-state index in [-0.39, 0.29) is 0 Å². The lowest BCUT2D eigenvalue weighted by atomic mass is 10.1. The molecule has 96 valence electrons. The Labute approximate surface area is 108 Å². The summed E-state index contributed by atoms with van der Waals surface area (Å²) in [7, 11) is 0. The van der Waals surface area contributed by atoms with Gasteiger partial charge in [-0.1, -0.05) is 18.2 Å². The Hall–Kier alpha value is -1.68. The number of hydrogen-bond acceptors (Lipinski definition) is 3. The molecule has 4 nitrogen and oxygen atoms in total. The van der Waals surface area contributed by atoms with Crippen molar-refractivity contribution in [2.75, 3.05) is 6.54 Å². The predicted molar refractivity (Wildman–Crippen MR) is 73.3 cm³/mol. The van der Waals surface area contributed by atoms with Gasteiger partial charge in [0, 0.05) is 11.6 Å². The van der Waals surface area contributed by atoms with Gasteiger partial charge in [-0.3, -0.25) is 0 Å². The molecule has 0 spiro atoms. The molecule has 0 aliphatic rings. The fourth-order valence-electron chi connectivity index (χ4n) is 2.22. The van der Waals surface area contributed by atoms with Crippen LogP contribution in [0.4, 0.5) is 0 Å². The lowest BCUT2D eigenvalue weighted by Crippen LogP contribution is -2.06. The van der Waals surface area contributed by atoms with E-state index in [1.165, 1.54) is 5.56 Å². The van der Waals surface area contributed by atoms with Crippen molar-refractivity contribution in [3.8, 4) is 11.4 Å². The van der Waals surface area contributed by atoms with Crippen LogP contribution in [-0.2, 0) is 6.42 Å². The molecule has 0 unspecified atom stereocenters. The molecule has 0 saturated carbocycles. The molecule has 4 heteroatoms. The van der Waals surface area contributed by atoms with E-state index in [9.17, 15) is 0 Å². The zero-order chi connectivity index (χ0) is 13.1. The van der Waals surface area contributed by atoms with Gasteiger partial charge in [-0.05, 0) is 45.4 Å². The van der Waals surface area contributed by atoms with Crippen LogP contribution in [0, 0.1) is 6.92 Å². The highest BCUT2D eigenvalue weighted by atomic mass is 15.3. The maximum absolute atomic E-state index is 5.60. The summed E-state index contributed by atoms with van der Waals surface area (Å²) < 4.78 is 2.15. The summed E-state index contributed by atoms with van der Waals surface area (Å²) in [5, 5.41) is 8.47. The minimum Gasteiger partial charge on any atom is -0.330 e. The first kappa shape index (κ1) is 12.8. The Kier molecular flexibility index (Phi) is 3.77. The Morgan fingerprint density at radius 2 is 2.06 bits per heavy atom. The minimum atomic E-state index is 0.355. The highest BCUT2D eigenvalue weighted by Gasteiger charge is 2.13. The van der Waals surface area contributed by atoms with Crippen molar-refractivity contribution >= 4 is 0 Å². The lowest BCUT2D eigenvalue weighted by molar-refractivity contribution is 0.587. The SMILES string of the molecule is Cc1nnc(-c2cccc(CCN)c2)n1C(C)C. The van der Waals surface area contributed by atoms with E-state index in [1.54, 1.807) is 0 Å². The molecule has 0 fully saturated rings. The van der Waals surface area contributed by atoms with Crippen LogP contribution in [0.25, 0.3) is 11.4 Å². The number of nitrogens with zero attached hydrogens (tertiary/aromatic N) is 3. The van der Waals surface area contributed by atoms with Gasteiger partial charge in [0.2, 0.25) is 0 Å². The van der Waals surface area contributed by atoms with E-state index in [0.29, 0.717) is 12.6 Å². The molecule has 0 aliphatic carbocycles. The molecule has 2 N–H and O–H groups in total. The van der Waals surface area contributed by atoms with Gasteiger partial charge in [0.05, 0.1) is 0 Å². The monoisotopic (exact) mass is 244 g/mol. The topological polar surface area (TPSA) is 56.7 Å². The second-order valence-corrected chi connectivity index (χ2v) is 4.77. The summed E-state index contributed by atoms with van der Waals surface area (Å²) in [5.74, 6) is 1.88. The van der Waals surface area contributed by atoms with Crippen LogP contribution in [0.3, 0.4) is 0 Å². The molecule has 1 aromatic carbocycles. The molecule has 1 heterocycles. The maximum Gasteiger partial charge on any atom is 0.164 e. The summed E-state index contributed by atoms with van der Waals surface area (Å²) in [5.41, 5.74) is 7.95. The van der Waals surface area contributed by atoms with Gasteiger partial charge in [0.1, 0.15) is 5.82 Å². The van der Waals surface area contributed by atoms with Crippen molar-refractivity contribution in [2.24, 2.45) is 5.73 Å². The van der Waals surface area contributed by atoms with Crippen LogP contribution >= 0.6 is 0 Å². The summed E-state index contributed by atoms with van der Waals surface area (Å²) in [6.45, 7) is 6.94. The van der Waals surface area contributed by atoms with Gasteiger partial charge in [0.25, 0.3) is 0 Å². The third-order valence-electron chi connectivity index (χ3n) is 3.00. The second kappa shape index (κ2) is 5.31. The molecule has 0 atom stereocenters. The van der Waals surface area contributed by atoms with E-state index in [0.717, 1.165) is 23.6 Å². The van der Waals surface area contributed by atoms with E-state index >= 15 is 0 Å². The van der Waals surface area contributed by atoms with Crippen molar-refractivity contribution in [2.45, 2.75) is 33.2 Å². The number of aromatic nitrogens is 3. The summed E-state index contributed by atoms with van der Waals surface area (Å²) in [4.78, 5) is 0. The fourth-order valence-corrected chi connectivity index (χ4v) is 2.22. The van der Waals surface area contributed by atoms with Gasteiger partial charge in [-0.25, -0.2) is 0 Å². The third-order valence-corrected chi connectivity index (χ3v) is 3.00. The average molecular weight is 244 g/mol. The molecule has 0 saturated heterocycles. The van der Waals surface area contributed by atoms with Gasteiger partial charge in [-0.2, -0.15) is 0 Å². The maximum atomic E-state index is 5.60. The third kappa shape index (κ3) is 2.43. The van der Waals surface area contributed by atoms with Gasteiger partial charge < -0.3 is 10.3 Å². The number of benzene rings is 1. The standard InChI is InChI=1S/C14H20N4/c1-10(2)18-11(3)16-17-14(18)13-6-4-5-12(9-13)7-8-15/h4-6,9-10H,7-8,15H2,1-3H3. The number of hydrogen-bond donors (Lipinski definition) is 1. The Balaban J connectivity index is 2.45. The zero-order valence-electron chi connectivity index (χ0n) is 11.2. The van der Waals surface area contributed by atoms with E-state index < -0.39 is 0 Å².